The molecule has 25 heavy (non-hydrogen) atoms. The van der Waals surface area contributed by atoms with Gasteiger partial charge < -0.3 is 15.0 Å². The van der Waals surface area contributed by atoms with E-state index in [-0.39, 0.29) is 38.1 Å². The third kappa shape index (κ3) is 6.25. The van der Waals surface area contributed by atoms with Gasteiger partial charge in [0.25, 0.3) is 0 Å². The molecule has 0 aromatic heterocycles. The highest BCUT2D eigenvalue weighted by molar-refractivity contribution is 5.81. The van der Waals surface area contributed by atoms with Crippen LogP contribution in [0.4, 0.5) is 9.18 Å². The Labute approximate surface area is 146 Å². The van der Waals surface area contributed by atoms with Crippen molar-refractivity contribution in [1.82, 2.24) is 10.2 Å². The third-order valence-electron chi connectivity index (χ3n) is 3.49. The molecule has 0 saturated heterocycles. The van der Waals surface area contributed by atoms with Crippen LogP contribution in [0.5, 0.6) is 0 Å². The first kappa shape index (κ1) is 18.4. The van der Waals surface area contributed by atoms with Gasteiger partial charge in [-0.2, -0.15) is 0 Å². The Morgan fingerprint density at radius 2 is 1.72 bits per heavy atom. The minimum Gasteiger partial charge on any atom is -0.465 e. The fourth-order valence-corrected chi connectivity index (χ4v) is 2.26. The van der Waals surface area contributed by atoms with Crippen LogP contribution in [0.3, 0.4) is 0 Å². The molecule has 2 aromatic carbocycles. The first-order valence-electron chi connectivity index (χ1n) is 8.05. The van der Waals surface area contributed by atoms with E-state index in [1.807, 2.05) is 30.3 Å². The molecule has 0 unspecified atom stereocenters. The molecule has 0 spiro atoms. The van der Waals surface area contributed by atoms with Gasteiger partial charge in [-0.1, -0.05) is 42.5 Å². The number of nitrogens with zero attached hydrogens (tertiary/aromatic N) is 1. The summed E-state index contributed by atoms with van der Waals surface area (Å²) < 4.78 is 17.9. The van der Waals surface area contributed by atoms with Crippen LogP contribution in [0.1, 0.15) is 18.1 Å². The smallest absolute Gasteiger partial charge is 0.325 e. The minimum absolute atomic E-state index is 0.141. The number of halogens is 1. The SMILES string of the molecule is CCOC(=O)CN(Cc1ccccc1)C(=O)NCc1ccc(F)cc1. The van der Waals surface area contributed by atoms with Gasteiger partial charge in [0, 0.05) is 13.1 Å². The fraction of sp³-hybridized carbons (Fsp3) is 0.263. The average Bonchev–Trinajstić information content (AvgIpc) is 2.61. The number of carbonyl (C=O) groups excluding carboxylic acids is 2. The maximum Gasteiger partial charge on any atom is 0.325 e. The van der Waals surface area contributed by atoms with Crippen LogP contribution in [0.15, 0.2) is 54.6 Å². The maximum absolute atomic E-state index is 12.9. The van der Waals surface area contributed by atoms with Crippen molar-refractivity contribution in [1.29, 1.82) is 0 Å². The molecular weight excluding hydrogens is 323 g/mol. The van der Waals surface area contributed by atoms with Crippen LogP contribution in [-0.4, -0.2) is 30.1 Å². The summed E-state index contributed by atoms with van der Waals surface area (Å²) in [5, 5.41) is 2.74. The lowest BCUT2D eigenvalue weighted by Crippen LogP contribution is -2.42. The summed E-state index contributed by atoms with van der Waals surface area (Å²) in [6.07, 6.45) is 0. The van der Waals surface area contributed by atoms with Crippen LogP contribution in [0, 0.1) is 5.82 Å². The molecule has 0 aliphatic heterocycles. The summed E-state index contributed by atoms with van der Waals surface area (Å²) in [5.74, 6) is -0.793. The molecule has 2 aromatic rings. The van der Waals surface area contributed by atoms with E-state index in [9.17, 15) is 14.0 Å². The zero-order valence-corrected chi connectivity index (χ0v) is 14.1. The lowest BCUT2D eigenvalue weighted by molar-refractivity contribution is -0.143. The first-order valence-corrected chi connectivity index (χ1v) is 8.05. The van der Waals surface area contributed by atoms with Crippen molar-refractivity contribution in [2.45, 2.75) is 20.0 Å². The number of carbonyl (C=O) groups is 2. The van der Waals surface area contributed by atoms with Gasteiger partial charge in [0.05, 0.1) is 6.61 Å². The van der Waals surface area contributed by atoms with Crippen molar-refractivity contribution in [2.24, 2.45) is 0 Å². The molecule has 0 heterocycles. The molecule has 0 saturated carbocycles. The van der Waals surface area contributed by atoms with E-state index in [2.05, 4.69) is 5.32 Å². The fourth-order valence-electron chi connectivity index (χ4n) is 2.26. The molecule has 2 rings (SSSR count). The highest BCUT2D eigenvalue weighted by Gasteiger charge is 2.18. The van der Waals surface area contributed by atoms with E-state index >= 15 is 0 Å². The third-order valence-corrected chi connectivity index (χ3v) is 3.49. The van der Waals surface area contributed by atoms with E-state index in [0.717, 1.165) is 11.1 Å². The number of hydrogen-bond acceptors (Lipinski definition) is 3. The minimum atomic E-state index is -0.463. The van der Waals surface area contributed by atoms with Gasteiger partial charge in [0.2, 0.25) is 0 Å². The summed E-state index contributed by atoms with van der Waals surface area (Å²) in [5.41, 5.74) is 1.68. The quantitative estimate of drug-likeness (QED) is 0.785. The number of rotatable bonds is 7. The van der Waals surface area contributed by atoms with Gasteiger partial charge in [-0.05, 0) is 30.2 Å². The zero-order chi connectivity index (χ0) is 18.1. The van der Waals surface area contributed by atoms with Crippen LogP contribution >= 0.6 is 0 Å². The molecule has 0 radical (unpaired) electrons. The predicted molar refractivity (Wildman–Crippen MR) is 92.1 cm³/mol. The number of urea groups is 1. The lowest BCUT2D eigenvalue weighted by Gasteiger charge is -2.22. The van der Waals surface area contributed by atoms with Crippen LogP contribution < -0.4 is 5.32 Å². The van der Waals surface area contributed by atoms with Crippen molar-refractivity contribution in [3.8, 4) is 0 Å². The number of nitrogens with one attached hydrogen (secondary N) is 1. The second kappa shape index (κ2) is 9.42. The van der Waals surface area contributed by atoms with Gasteiger partial charge in [-0.3, -0.25) is 4.79 Å². The monoisotopic (exact) mass is 344 g/mol. The number of benzene rings is 2. The molecule has 0 aliphatic rings. The molecule has 132 valence electrons. The molecule has 1 N–H and O–H groups in total. The molecule has 0 fully saturated rings. The Morgan fingerprint density at radius 1 is 1.04 bits per heavy atom. The Morgan fingerprint density at radius 3 is 2.36 bits per heavy atom. The Bertz CT molecular complexity index is 690. The van der Waals surface area contributed by atoms with E-state index < -0.39 is 5.97 Å². The Hall–Kier alpha value is -2.89. The van der Waals surface area contributed by atoms with Crippen LogP contribution in [0.2, 0.25) is 0 Å². The van der Waals surface area contributed by atoms with Gasteiger partial charge in [0.15, 0.2) is 0 Å². The number of hydrogen-bond donors (Lipinski definition) is 1. The molecule has 6 heteroatoms. The molecule has 0 atom stereocenters. The number of amides is 2. The second-order valence-electron chi connectivity index (χ2n) is 5.43. The van der Waals surface area contributed by atoms with Crippen molar-refractivity contribution in [3.63, 3.8) is 0 Å². The highest BCUT2D eigenvalue weighted by atomic mass is 19.1. The van der Waals surface area contributed by atoms with Crippen molar-refractivity contribution in [3.05, 3.63) is 71.5 Å². The van der Waals surface area contributed by atoms with E-state index in [4.69, 9.17) is 4.74 Å². The second-order valence-corrected chi connectivity index (χ2v) is 5.43. The lowest BCUT2D eigenvalue weighted by atomic mass is 10.2. The highest BCUT2D eigenvalue weighted by Crippen LogP contribution is 2.07. The molecule has 5 nitrogen and oxygen atoms in total. The maximum atomic E-state index is 12.9. The molecule has 0 aliphatic carbocycles. The van der Waals surface area contributed by atoms with Crippen LogP contribution in [0.25, 0.3) is 0 Å². The van der Waals surface area contributed by atoms with Crippen molar-refractivity contribution >= 4 is 12.0 Å². The summed E-state index contributed by atoms with van der Waals surface area (Å²) >= 11 is 0. The molecule has 2 amide bonds. The predicted octanol–water partition coefficient (Wildman–Crippen LogP) is 3.10. The van der Waals surface area contributed by atoms with Gasteiger partial charge >= 0.3 is 12.0 Å². The zero-order valence-electron chi connectivity index (χ0n) is 14.1. The number of esters is 1. The van der Waals surface area contributed by atoms with Crippen molar-refractivity contribution < 1.29 is 18.7 Å². The summed E-state index contributed by atoms with van der Waals surface area (Å²) in [4.78, 5) is 25.6. The van der Waals surface area contributed by atoms with E-state index in [1.54, 1.807) is 19.1 Å². The Kier molecular flexibility index (Phi) is 6.95. The summed E-state index contributed by atoms with van der Waals surface area (Å²) in [6.45, 7) is 2.36. The van der Waals surface area contributed by atoms with E-state index in [0.29, 0.717) is 0 Å². The standard InChI is InChI=1S/C19H21FN2O3/c1-2-25-18(23)14-22(13-16-6-4-3-5-7-16)19(24)21-12-15-8-10-17(20)11-9-15/h3-11H,2,12-14H2,1H3,(H,21,24). The molecular formula is C19H21FN2O3. The Balaban J connectivity index is 2.00. The normalized spacial score (nSPS) is 10.2. The topological polar surface area (TPSA) is 58.6 Å². The average molecular weight is 344 g/mol. The van der Waals surface area contributed by atoms with Gasteiger partial charge in [-0.25, -0.2) is 9.18 Å². The first-order chi connectivity index (χ1) is 12.1. The largest absolute Gasteiger partial charge is 0.465 e. The number of ether oxygens (including phenoxy) is 1. The van der Waals surface area contributed by atoms with E-state index in [1.165, 1.54) is 17.0 Å². The summed E-state index contributed by atoms with van der Waals surface area (Å²) in [7, 11) is 0. The van der Waals surface area contributed by atoms with Gasteiger partial charge in [-0.15, -0.1) is 0 Å². The van der Waals surface area contributed by atoms with Gasteiger partial charge in [0.1, 0.15) is 12.4 Å². The summed E-state index contributed by atoms with van der Waals surface area (Å²) in [6, 6.07) is 14.9. The van der Waals surface area contributed by atoms with Crippen LogP contribution in [-0.2, 0) is 22.6 Å². The molecule has 0 bridgehead atoms. The van der Waals surface area contributed by atoms with Crippen molar-refractivity contribution in [2.75, 3.05) is 13.2 Å².